The summed E-state index contributed by atoms with van der Waals surface area (Å²) in [6.45, 7) is 17.4. The van der Waals surface area contributed by atoms with Gasteiger partial charge < -0.3 is 25.3 Å². The molecule has 0 aromatic carbocycles. The average molecular weight is 296 g/mol. The molecule has 0 aromatic heterocycles. The Balaban J connectivity index is -0.0000000221. The SMILES string of the molecule is CC.CC.[CH-]=CC=[CH-].[W+2]. The van der Waals surface area contributed by atoms with Gasteiger partial charge in [0.1, 0.15) is 0 Å². The predicted octanol–water partition coefficient (Wildman–Crippen LogP) is 3.01. The topological polar surface area (TPSA) is 0 Å². The first-order chi connectivity index (χ1) is 3.91. The van der Waals surface area contributed by atoms with Crippen LogP contribution in [0.1, 0.15) is 27.7 Å². The van der Waals surface area contributed by atoms with Gasteiger partial charge in [0.25, 0.3) is 0 Å². The maximum absolute atomic E-state index is 4.72. The predicted molar refractivity (Wildman–Crippen MR) is 40.4 cm³/mol. The minimum Gasteiger partial charge on any atom is -0.394 e. The summed E-state index contributed by atoms with van der Waals surface area (Å²) in [6.07, 6.45) is 2.56. The molecular weight excluding hydrogens is 280 g/mol. The second-order valence-corrected chi connectivity index (χ2v) is 0.385. The molecule has 0 N–H and O–H groups in total. The smallest absolute Gasteiger partial charge is 0.394 e. The normalized spacial score (nSPS) is 3.56. The number of rotatable bonds is 1. The van der Waals surface area contributed by atoms with Gasteiger partial charge >= 0.3 is 21.1 Å². The van der Waals surface area contributed by atoms with Gasteiger partial charge in [-0.05, 0) is 0 Å². The van der Waals surface area contributed by atoms with Crippen molar-refractivity contribution in [3.63, 3.8) is 0 Å². The molecule has 0 unspecified atom stereocenters. The molecule has 0 aliphatic rings. The van der Waals surface area contributed by atoms with E-state index in [4.69, 9.17) is 13.2 Å². The summed E-state index contributed by atoms with van der Waals surface area (Å²) in [5, 5.41) is 0. The number of hydrogen-bond donors (Lipinski definition) is 0. The fourth-order valence-electron chi connectivity index (χ4n) is 0. The van der Waals surface area contributed by atoms with E-state index in [2.05, 4.69) is 0 Å². The molecule has 0 bridgehead atoms. The molecule has 0 heterocycles. The Morgan fingerprint density at radius 2 is 0.889 bits per heavy atom. The largest absolute Gasteiger partial charge is 2.00 e. The van der Waals surface area contributed by atoms with Crippen LogP contribution in [0, 0.1) is 13.2 Å². The Kier molecular flexibility index (Phi) is 227. The summed E-state index contributed by atoms with van der Waals surface area (Å²) in [7, 11) is 0. The average Bonchev–Trinajstić information content (AvgIpc) is 1.96. The van der Waals surface area contributed by atoms with E-state index >= 15 is 0 Å². The zero-order chi connectivity index (χ0) is 7.41. The van der Waals surface area contributed by atoms with Crippen LogP contribution in [0.25, 0.3) is 0 Å². The van der Waals surface area contributed by atoms with Crippen LogP contribution in [0.4, 0.5) is 0 Å². The molecule has 0 aliphatic carbocycles. The summed E-state index contributed by atoms with van der Waals surface area (Å²) in [5.41, 5.74) is 0. The van der Waals surface area contributed by atoms with Crippen molar-refractivity contribution in [2.45, 2.75) is 27.7 Å². The van der Waals surface area contributed by atoms with Gasteiger partial charge in [0.2, 0.25) is 0 Å². The minimum atomic E-state index is 0. The first-order valence-corrected chi connectivity index (χ1v) is 3.00. The van der Waals surface area contributed by atoms with Crippen LogP contribution in [0.2, 0.25) is 0 Å². The first-order valence-electron chi connectivity index (χ1n) is 3.00. The van der Waals surface area contributed by atoms with Crippen molar-refractivity contribution in [1.29, 1.82) is 0 Å². The molecular formula is C8H16W. The Labute approximate surface area is 74.3 Å². The molecule has 0 radical (unpaired) electrons. The molecule has 0 aromatic rings. The molecule has 0 aliphatic heterocycles. The fraction of sp³-hybridized carbons (Fsp3) is 0.500. The van der Waals surface area contributed by atoms with Crippen molar-refractivity contribution in [2.24, 2.45) is 0 Å². The Morgan fingerprint density at radius 1 is 0.778 bits per heavy atom. The van der Waals surface area contributed by atoms with Gasteiger partial charge in [-0.25, -0.2) is 0 Å². The van der Waals surface area contributed by atoms with Gasteiger partial charge in [-0.2, -0.15) is 0 Å². The van der Waals surface area contributed by atoms with E-state index in [1.807, 2.05) is 27.7 Å². The van der Waals surface area contributed by atoms with Crippen LogP contribution in [-0.2, 0) is 21.1 Å². The summed E-state index contributed by atoms with van der Waals surface area (Å²) in [6, 6.07) is 0. The number of hydrogen-bond acceptors (Lipinski definition) is 0. The molecule has 0 atom stereocenters. The Hall–Kier alpha value is 0.168. The maximum Gasteiger partial charge on any atom is 2.00 e. The van der Waals surface area contributed by atoms with Crippen molar-refractivity contribution in [1.82, 2.24) is 0 Å². The van der Waals surface area contributed by atoms with Crippen LogP contribution in [0.3, 0.4) is 0 Å². The van der Waals surface area contributed by atoms with Crippen LogP contribution in [0.5, 0.6) is 0 Å². The van der Waals surface area contributed by atoms with E-state index in [0.717, 1.165) is 0 Å². The molecule has 1 heteroatoms. The maximum atomic E-state index is 4.72. The van der Waals surface area contributed by atoms with Crippen molar-refractivity contribution in [2.75, 3.05) is 0 Å². The molecule has 0 amide bonds. The second kappa shape index (κ2) is 89.3. The first kappa shape index (κ1) is 22.9. The summed E-state index contributed by atoms with van der Waals surface area (Å²) >= 11 is 0. The van der Waals surface area contributed by atoms with Gasteiger partial charge in [0, 0.05) is 0 Å². The molecule has 9 heavy (non-hydrogen) atoms. The van der Waals surface area contributed by atoms with E-state index in [-0.39, 0.29) is 21.1 Å². The van der Waals surface area contributed by atoms with Crippen molar-refractivity contribution in [3.05, 3.63) is 25.3 Å². The van der Waals surface area contributed by atoms with Gasteiger partial charge in [0.05, 0.1) is 0 Å². The van der Waals surface area contributed by atoms with Crippen LogP contribution in [-0.4, -0.2) is 0 Å². The van der Waals surface area contributed by atoms with Gasteiger partial charge in [-0.15, -0.1) is 0 Å². The van der Waals surface area contributed by atoms with Gasteiger partial charge in [0.15, 0.2) is 0 Å². The van der Waals surface area contributed by atoms with E-state index in [9.17, 15) is 0 Å². The van der Waals surface area contributed by atoms with Crippen LogP contribution >= 0.6 is 0 Å². The quantitative estimate of drug-likeness (QED) is 0.515. The van der Waals surface area contributed by atoms with Gasteiger partial charge in [-0.3, -0.25) is 0 Å². The van der Waals surface area contributed by atoms with Crippen molar-refractivity contribution in [3.8, 4) is 0 Å². The molecule has 0 rings (SSSR count). The zero-order valence-corrected chi connectivity index (χ0v) is 9.65. The second-order valence-electron chi connectivity index (χ2n) is 0.385. The van der Waals surface area contributed by atoms with Crippen molar-refractivity contribution >= 4 is 0 Å². The third-order valence-corrected chi connectivity index (χ3v) is 0.111. The molecule has 0 spiro atoms. The van der Waals surface area contributed by atoms with E-state index < -0.39 is 0 Å². The number of allylic oxidation sites excluding steroid dienone is 2. The molecule has 0 saturated carbocycles. The van der Waals surface area contributed by atoms with Crippen molar-refractivity contribution < 1.29 is 21.1 Å². The third kappa shape index (κ3) is 228. The summed E-state index contributed by atoms with van der Waals surface area (Å²) < 4.78 is 0. The summed E-state index contributed by atoms with van der Waals surface area (Å²) in [4.78, 5) is 0. The van der Waals surface area contributed by atoms with E-state index in [0.29, 0.717) is 0 Å². The molecule has 54 valence electrons. The molecule has 0 nitrogen and oxygen atoms in total. The molecule has 0 saturated heterocycles. The third-order valence-electron chi connectivity index (χ3n) is 0.111. The van der Waals surface area contributed by atoms with Crippen LogP contribution in [0.15, 0.2) is 12.2 Å². The monoisotopic (exact) mass is 296 g/mol. The zero-order valence-electron chi connectivity index (χ0n) is 6.72. The van der Waals surface area contributed by atoms with E-state index in [1.165, 1.54) is 12.2 Å². The fourth-order valence-corrected chi connectivity index (χ4v) is 0. The summed E-state index contributed by atoms with van der Waals surface area (Å²) in [5.74, 6) is 0. The Morgan fingerprint density at radius 3 is 0.889 bits per heavy atom. The van der Waals surface area contributed by atoms with Gasteiger partial charge in [-0.1, -0.05) is 27.7 Å². The minimum absolute atomic E-state index is 0. The van der Waals surface area contributed by atoms with Crippen LogP contribution < -0.4 is 0 Å². The standard InChI is InChI=1S/C4H4.2C2H6.W/c1-3-4-2;2*1-2;/h1-4H;2*1-2H3;/q-2;;;+2. The molecule has 0 fully saturated rings. The van der Waals surface area contributed by atoms with E-state index in [1.54, 1.807) is 0 Å². The Bertz CT molecular complexity index is 25.5.